The number of nitrogens with zero attached hydrogens (tertiary/aromatic N) is 2. The summed E-state index contributed by atoms with van der Waals surface area (Å²) in [5.74, 6) is -0.660. The number of rotatable bonds is 4. The van der Waals surface area contributed by atoms with E-state index in [0.717, 1.165) is 37.8 Å². The lowest BCUT2D eigenvalue weighted by molar-refractivity contribution is -0.147. The van der Waals surface area contributed by atoms with Gasteiger partial charge >= 0.3 is 0 Å². The Morgan fingerprint density at radius 1 is 0.929 bits per heavy atom. The van der Waals surface area contributed by atoms with E-state index in [-0.39, 0.29) is 23.8 Å². The highest BCUT2D eigenvalue weighted by Gasteiger charge is 2.48. The number of primary amides is 1. The van der Waals surface area contributed by atoms with Gasteiger partial charge in [-0.3, -0.25) is 14.4 Å². The first kappa shape index (κ1) is 18.9. The normalized spacial score (nSPS) is 30.0. The SMILES string of the molecule is NC(=O)[C@@H]1CCCN1C(=O)[C@@H]1[C@@H](c2ccccc2)CCN1C(=O)[C@@H]1CCCN1. The molecule has 0 spiro atoms. The maximum absolute atomic E-state index is 13.6. The third kappa shape index (κ3) is 3.39. The molecule has 7 heteroatoms. The van der Waals surface area contributed by atoms with Crippen LogP contribution in [-0.4, -0.2) is 65.3 Å². The summed E-state index contributed by atoms with van der Waals surface area (Å²) in [6, 6.07) is 8.55. The molecule has 0 saturated carbocycles. The van der Waals surface area contributed by atoms with Gasteiger partial charge < -0.3 is 20.9 Å². The Kier molecular flexibility index (Phi) is 5.35. The molecule has 1 aromatic carbocycles. The van der Waals surface area contributed by atoms with Gasteiger partial charge in [0.25, 0.3) is 0 Å². The Morgan fingerprint density at radius 2 is 1.71 bits per heavy atom. The minimum absolute atomic E-state index is 0.00380. The van der Waals surface area contributed by atoms with Gasteiger partial charge in [-0.05, 0) is 44.2 Å². The average molecular weight is 384 g/mol. The molecule has 4 atom stereocenters. The van der Waals surface area contributed by atoms with Gasteiger partial charge in [-0.25, -0.2) is 0 Å². The number of hydrogen-bond donors (Lipinski definition) is 2. The third-order valence-electron chi connectivity index (χ3n) is 6.38. The van der Waals surface area contributed by atoms with E-state index in [9.17, 15) is 14.4 Å². The zero-order valence-electron chi connectivity index (χ0n) is 16.0. The van der Waals surface area contributed by atoms with Crippen molar-refractivity contribution in [2.24, 2.45) is 5.73 Å². The van der Waals surface area contributed by atoms with Gasteiger partial charge in [-0.2, -0.15) is 0 Å². The maximum Gasteiger partial charge on any atom is 0.246 e. The summed E-state index contributed by atoms with van der Waals surface area (Å²) in [5, 5.41) is 3.25. The van der Waals surface area contributed by atoms with Gasteiger partial charge in [0.15, 0.2) is 0 Å². The molecule has 3 N–H and O–H groups in total. The van der Waals surface area contributed by atoms with Crippen LogP contribution in [0, 0.1) is 0 Å². The van der Waals surface area contributed by atoms with Crippen LogP contribution in [0.15, 0.2) is 30.3 Å². The maximum atomic E-state index is 13.6. The van der Waals surface area contributed by atoms with E-state index in [1.807, 2.05) is 30.3 Å². The molecule has 3 heterocycles. The van der Waals surface area contributed by atoms with Crippen LogP contribution in [0.4, 0.5) is 0 Å². The van der Waals surface area contributed by atoms with Crippen molar-refractivity contribution in [1.29, 1.82) is 0 Å². The molecule has 150 valence electrons. The molecule has 7 nitrogen and oxygen atoms in total. The summed E-state index contributed by atoms with van der Waals surface area (Å²) in [6.45, 7) is 1.91. The van der Waals surface area contributed by atoms with Crippen molar-refractivity contribution in [2.45, 2.75) is 56.1 Å². The van der Waals surface area contributed by atoms with Gasteiger partial charge in [-0.15, -0.1) is 0 Å². The van der Waals surface area contributed by atoms with Crippen LogP contribution in [0.5, 0.6) is 0 Å². The number of nitrogens with two attached hydrogens (primary N) is 1. The number of carbonyl (C=O) groups excluding carboxylic acids is 3. The first-order valence-corrected chi connectivity index (χ1v) is 10.3. The number of benzene rings is 1. The van der Waals surface area contributed by atoms with Crippen LogP contribution in [0.3, 0.4) is 0 Å². The molecule has 3 aliphatic heterocycles. The van der Waals surface area contributed by atoms with Gasteiger partial charge in [0.2, 0.25) is 17.7 Å². The second-order valence-electron chi connectivity index (χ2n) is 8.02. The highest BCUT2D eigenvalue weighted by atomic mass is 16.2. The fraction of sp³-hybridized carbons (Fsp3) is 0.571. The van der Waals surface area contributed by atoms with Crippen molar-refractivity contribution in [3.63, 3.8) is 0 Å². The number of hydrogen-bond acceptors (Lipinski definition) is 4. The topological polar surface area (TPSA) is 95.7 Å². The van der Waals surface area contributed by atoms with Gasteiger partial charge in [0.1, 0.15) is 12.1 Å². The average Bonchev–Trinajstić information content (AvgIpc) is 3.47. The van der Waals surface area contributed by atoms with Crippen LogP contribution in [0.2, 0.25) is 0 Å². The molecular formula is C21H28N4O3. The van der Waals surface area contributed by atoms with E-state index in [2.05, 4.69) is 5.32 Å². The zero-order chi connectivity index (χ0) is 19.7. The molecule has 0 radical (unpaired) electrons. The molecule has 3 fully saturated rings. The quantitative estimate of drug-likeness (QED) is 0.795. The first-order valence-electron chi connectivity index (χ1n) is 10.3. The third-order valence-corrected chi connectivity index (χ3v) is 6.38. The fourth-order valence-electron chi connectivity index (χ4n) is 4.99. The number of nitrogens with one attached hydrogen (secondary N) is 1. The van der Waals surface area contributed by atoms with Gasteiger partial charge in [0.05, 0.1) is 6.04 Å². The van der Waals surface area contributed by atoms with Crippen LogP contribution < -0.4 is 11.1 Å². The summed E-state index contributed by atoms with van der Waals surface area (Å²) in [7, 11) is 0. The van der Waals surface area contributed by atoms with Crippen molar-refractivity contribution in [2.75, 3.05) is 19.6 Å². The standard InChI is InChI=1S/C21H28N4O3/c22-19(26)17-9-5-12-24(17)21(28)18-15(14-6-2-1-3-7-14)10-13-25(18)20(27)16-8-4-11-23-16/h1-3,6-7,15-18,23H,4-5,8-13H2,(H2,22,26)/t15-,16+,17+,18+/m1/s1. The minimum Gasteiger partial charge on any atom is -0.368 e. The van der Waals surface area contributed by atoms with Crippen molar-refractivity contribution in [3.05, 3.63) is 35.9 Å². The summed E-state index contributed by atoms with van der Waals surface area (Å²) < 4.78 is 0. The van der Waals surface area contributed by atoms with Crippen LogP contribution in [0.1, 0.15) is 43.6 Å². The lowest BCUT2D eigenvalue weighted by Crippen LogP contribution is -2.55. The van der Waals surface area contributed by atoms with E-state index in [1.54, 1.807) is 9.80 Å². The van der Waals surface area contributed by atoms with Crippen molar-refractivity contribution >= 4 is 17.7 Å². The van der Waals surface area contributed by atoms with E-state index < -0.39 is 18.0 Å². The summed E-state index contributed by atoms with van der Waals surface area (Å²) in [5.41, 5.74) is 6.60. The lowest BCUT2D eigenvalue weighted by Gasteiger charge is -2.34. The Morgan fingerprint density at radius 3 is 2.39 bits per heavy atom. The Balaban J connectivity index is 1.64. The van der Waals surface area contributed by atoms with Crippen LogP contribution in [0.25, 0.3) is 0 Å². The smallest absolute Gasteiger partial charge is 0.246 e. The fourth-order valence-corrected chi connectivity index (χ4v) is 4.99. The molecule has 3 aliphatic rings. The van der Waals surface area contributed by atoms with Crippen LogP contribution >= 0.6 is 0 Å². The highest BCUT2D eigenvalue weighted by Crippen LogP contribution is 2.36. The molecule has 0 aromatic heterocycles. The number of likely N-dealkylation sites (tertiary alicyclic amines) is 2. The van der Waals surface area contributed by atoms with Crippen molar-refractivity contribution in [3.8, 4) is 0 Å². The highest BCUT2D eigenvalue weighted by molar-refractivity contribution is 5.94. The molecule has 0 aliphatic carbocycles. The molecule has 1 aromatic rings. The van der Waals surface area contributed by atoms with Gasteiger partial charge in [-0.1, -0.05) is 30.3 Å². The molecule has 3 saturated heterocycles. The van der Waals surface area contributed by atoms with Gasteiger partial charge in [0, 0.05) is 19.0 Å². The van der Waals surface area contributed by atoms with E-state index in [4.69, 9.17) is 5.73 Å². The largest absolute Gasteiger partial charge is 0.368 e. The Bertz CT molecular complexity index is 747. The molecule has 3 amide bonds. The Hall–Kier alpha value is -2.41. The summed E-state index contributed by atoms with van der Waals surface area (Å²) in [4.78, 5) is 42.0. The molecule has 0 bridgehead atoms. The zero-order valence-corrected chi connectivity index (χ0v) is 16.0. The van der Waals surface area contributed by atoms with E-state index in [0.29, 0.717) is 19.5 Å². The number of amides is 3. The summed E-state index contributed by atoms with van der Waals surface area (Å²) in [6.07, 6.45) is 3.89. The lowest BCUT2D eigenvalue weighted by atomic mass is 9.90. The number of carbonyl (C=O) groups is 3. The van der Waals surface area contributed by atoms with Crippen molar-refractivity contribution < 1.29 is 14.4 Å². The second kappa shape index (κ2) is 7.91. The Labute approximate surface area is 165 Å². The van der Waals surface area contributed by atoms with Crippen LogP contribution in [-0.2, 0) is 14.4 Å². The van der Waals surface area contributed by atoms with Crippen molar-refractivity contribution in [1.82, 2.24) is 15.1 Å². The minimum atomic E-state index is -0.572. The molecule has 4 rings (SSSR count). The predicted molar refractivity (Wildman–Crippen MR) is 104 cm³/mol. The predicted octanol–water partition coefficient (Wildman–Crippen LogP) is 0.599. The molecular weight excluding hydrogens is 356 g/mol. The van der Waals surface area contributed by atoms with E-state index in [1.165, 1.54) is 0 Å². The monoisotopic (exact) mass is 384 g/mol. The van der Waals surface area contributed by atoms with E-state index >= 15 is 0 Å². The summed E-state index contributed by atoms with van der Waals surface area (Å²) >= 11 is 0. The first-order chi connectivity index (χ1) is 13.6. The second-order valence-corrected chi connectivity index (χ2v) is 8.02. The molecule has 0 unspecified atom stereocenters. The molecule has 28 heavy (non-hydrogen) atoms.